The van der Waals surface area contributed by atoms with E-state index < -0.39 is 0 Å². The van der Waals surface area contributed by atoms with Crippen molar-refractivity contribution in [3.8, 4) is 5.82 Å². The third-order valence-corrected chi connectivity index (χ3v) is 2.70. The Morgan fingerprint density at radius 3 is 3.00 bits per heavy atom. The van der Waals surface area contributed by atoms with E-state index in [1.54, 1.807) is 4.68 Å². The van der Waals surface area contributed by atoms with E-state index in [9.17, 15) is 0 Å². The van der Waals surface area contributed by atoms with Crippen molar-refractivity contribution in [2.75, 3.05) is 0 Å². The molecule has 0 bridgehead atoms. The van der Waals surface area contributed by atoms with Gasteiger partial charge in [-0.15, -0.1) is 0 Å². The minimum absolute atomic E-state index is 0.404. The molecule has 4 nitrogen and oxygen atoms in total. The summed E-state index contributed by atoms with van der Waals surface area (Å²) in [5.74, 6) is 0.610. The lowest BCUT2D eigenvalue weighted by Gasteiger charge is -1.93. The van der Waals surface area contributed by atoms with Crippen LogP contribution in [0.1, 0.15) is 18.9 Å². The molecule has 0 N–H and O–H groups in total. The summed E-state index contributed by atoms with van der Waals surface area (Å²) in [5, 5.41) is 4.58. The average Bonchev–Trinajstić information content (AvgIpc) is 2.74. The smallest absolute Gasteiger partial charge is 0.206 e. The molecule has 2 heterocycles. The fourth-order valence-electron chi connectivity index (χ4n) is 1.20. The largest absolute Gasteiger partial charge is 0.219 e. The van der Waals surface area contributed by atoms with Gasteiger partial charge in [-0.25, -0.2) is 4.68 Å². The minimum atomic E-state index is 0.404. The number of nitrogens with zero attached hydrogens (tertiary/aromatic N) is 4. The highest BCUT2D eigenvalue weighted by Crippen LogP contribution is 2.17. The molecule has 0 saturated carbocycles. The van der Waals surface area contributed by atoms with Crippen LogP contribution in [-0.4, -0.2) is 18.5 Å². The molecule has 0 spiro atoms. The topological polar surface area (TPSA) is 43.6 Å². The van der Waals surface area contributed by atoms with E-state index in [1.807, 2.05) is 12.4 Å². The van der Waals surface area contributed by atoms with Crippen molar-refractivity contribution in [3.05, 3.63) is 23.1 Å². The van der Waals surface area contributed by atoms with Crippen molar-refractivity contribution in [2.45, 2.75) is 19.8 Å². The van der Waals surface area contributed by atoms with Gasteiger partial charge in [0.25, 0.3) is 0 Å². The van der Waals surface area contributed by atoms with E-state index in [0.29, 0.717) is 11.0 Å². The van der Waals surface area contributed by atoms with Gasteiger partial charge in [-0.2, -0.15) is 13.8 Å². The molecular formula is C8H9ClN4S. The molecule has 0 unspecified atom stereocenters. The van der Waals surface area contributed by atoms with Gasteiger partial charge in [0.1, 0.15) is 0 Å². The minimum Gasteiger partial charge on any atom is -0.219 e. The first-order valence-electron chi connectivity index (χ1n) is 4.33. The molecular weight excluding hydrogens is 220 g/mol. The van der Waals surface area contributed by atoms with Crippen molar-refractivity contribution >= 4 is 23.3 Å². The zero-order valence-electron chi connectivity index (χ0n) is 7.64. The first-order chi connectivity index (χ1) is 6.81. The molecule has 0 atom stereocenters. The molecule has 2 rings (SSSR count). The number of hydrogen-bond acceptors (Lipinski definition) is 4. The normalized spacial score (nSPS) is 10.7. The first kappa shape index (κ1) is 9.61. The van der Waals surface area contributed by atoms with Gasteiger partial charge in [-0.3, -0.25) is 0 Å². The van der Waals surface area contributed by atoms with Gasteiger partial charge < -0.3 is 0 Å². The van der Waals surface area contributed by atoms with E-state index in [0.717, 1.165) is 24.6 Å². The monoisotopic (exact) mass is 228 g/mol. The fourth-order valence-corrected chi connectivity index (χ4v) is 1.92. The third kappa shape index (κ3) is 1.78. The summed E-state index contributed by atoms with van der Waals surface area (Å²) in [6.07, 6.45) is 5.90. The van der Waals surface area contributed by atoms with Crippen LogP contribution in [0.15, 0.2) is 12.4 Å². The van der Waals surface area contributed by atoms with Crippen LogP contribution < -0.4 is 0 Å². The van der Waals surface area contributed by atoms with Gasteiger partial charge in [0.05, 0.1) is 17.9 Å². The maximum absolute atomic E-state index is 5.84. The number of aryl methyl sites for hydroxylation is 1. The number of aromatic nitrogens is 4. The van der Waals surface area contributed by atoms with Crippen molar-refractivity contribution in [1.82, 2.24) is 18.5 Å². The van der Waals surface area contributed by atoms with Crippen molar-refractivity contribution in [3.63, 3.8) is 0 Å². The summed E-state index contributed by atoms with van der Waals surface area (Å²) in [7, 11) is 0. The van der Waals surface area contributed by atoms with Gasteiger partial charge in [0.2, 0.25) is 5.82 Å². The van der Waals surface area contributed by atoms with E-state index in [1.165, 1.54) is 5.56 Å². The molecule has 2 aromatic heterocycles. The van der Waals surface area contributed by atoms with Crippen LogP contribution in [0.5, 0.6) is 0 Å². The Balaban J connectivity index is 2.29. The van der Waals surface area contributed by atoms with Crippen molar-refractivity contribution < 1.29 is 0 Å². The van der Waals surface area contributed by atoms with Crippen molar-refractivity contribution in [1.29, 1.82) is 0 Å². The number of rotatable bonds is 3. The summed E-state index contributed by atoms with van der Waals surface area (Å²) < 4.78 is 9.61. The van der Waals surface area contributed by atoms with Gasteiger partial charge in [0.15, 0.2) is 5.15 Å². The van der Waals surface area contributed by atoms with Gasteiger partial charge >= 0.3 is 0 Å². The summed E-state index contributed by atoms with van der Waals surface area (Å²) in [4.78, 5) is 0. The van der Waals surface area contributed by atoms with Crippen LogP contribution in [-0.2, 0) is 6.42 Å². The molecule has 0 saturated heterocycles. The Labute approximate surface area is 90.9 Å². The molecule has 0 aliphatic rings. The molecule has 0 aromatic carbocycles. The third-order valence-electron chi connectivity index (χ3n) is 1.82. The molecule has 0 fully saturated rings. The molecule has 14 heavy (non-hydrogen) atoms. The van der Waals surface area contributed by atoms with E-state index in [2.05, 4.69) is 20.8 Å². The number of hydrogen-bond donors (Lipinski definition) is 0. The van der Waals surface area contributed by atoms with Gasteiger partial charge in [-0.1, -0.05) is 24.9 Å². The SMILES string of the molecule is CCCc1cnn(-c2nsnc2Cl)c1. The van der Waals surface area contributed by atoms with Gasteiger partial charge in [0, 0.05) is 6.20 Å². The standard InChI is InChI=1S/C8H9ClN4S/c1-2-3-6-4-10-13(5-6)8-7(9)11-14-12-8/h4-5H,2-3H2,1H3. The molecule has 0 radical (unpaired) electrons. The lowest BCUT2D eigenvalue weighted by Crippen LogP contribution is -1.94. The fraction of sp³-hybridized carbons (Fsp3) is 0.375. The van der Waals surface area contributed by atoms with Crippen molar-refractivity contribution in [2.24, 2.45) is 0 Å². The summed E-state index contributed by atoms with van der Waals surface area (Å²) >= 11 is 6.93. The Morgan fingerprint density at radius 2 is 2.36 bits per heavy atom. The lowest BCUT2D eigenvalue weighted by atomic mass is 10.2. The number of halogens is 1. The Bertz CT molecular complexity index is 422. The molecule has 0 aliphatic carbocycles. The second-order valence-electron chi connectivity index (χ2n) is 2.92. The highest BCUT2D eigenvalue weighted by molar-refractivity contribution is 6.99. The molecule has 6 heteroatoms. The second-order valence-corrected chi connectivity index (χ2v) is 3.81. The molecule has 2 aromatic rings. The van der Waals surface area contributed by atoms with Crippen LogP contribution in [0.3, 0.4) is 0 Å². The summed E-state index contributed by atoms with van der Waals surface area (Å²) in [6.45, 7) is 2.13. The average molecular weight is 229 g/mol. The van der Waals surface area contributed by atoms with Crippen LogP contribution in [0.2, 0.25) is 5.15 Å². The maximum atomic E-state index is 5.84. The molecule has 74 valence electrons. The Kier molecular flexibility index (Phi) is 2.79. The molecule has 0 aliphatic heterocycles. The predicted octanol–water partition coefficient (Wildman–Crippen LogP) is 2.33. The van der Waals surface area contributed by atoms with E-state index in [4.69, 9.17) is 11.6 Å². The summed E-state index contributed by atoms with van der Waals surface area (Å²) in [6, 6.07) is 0. The first-order valence-corrected chi connectivity index (χ1v) is 5.44. The van der Waals surface area contributed by atoms with Crippen LogP contribution in [0, 0.1) is 0 Å². The zero-order chi connectivity index (χ0) is 9.97. The zero-order valence-corrected chi connectivity index (χ0v) is 9.22. The second kappa shape index (κ2) is 4.06. The molecule has 0 amide bonds. The summed E-state index contributed by atoms with van der Waals surface area (Å²) in [5.41, 5.74) is 1.19. The highest BCUT2D eigenvalue weighted by Gasteiger charge is 2.08. The quantitative estimate of drug-likeness (QED) is 0.810. The highest BCUT2D eigenvalue weighted by atomic mass is 35.5. The van der Waals surface area contributed by atoms with E-state index in [-0.39, 0.29) is 0 Å². The van der Waals surface area contributed by atoms with Gasteiger partial charge in [-0.05, 0) is 12.0 Å². The van der Waals surface area contributed by atoms with Crippen LogP contribution in [0.4, 0.5) is 0 Å². The Hall–Kier alpha value is -0.940. The van der Waals surface area contributed by atoms with Crippen LogP contribution in [0.25, 0.3) is 5.82 Å². The van der Waals surface area contributed by atoms with Crippen LogP contribution >= 0.6 is 23.3 Å². The van der Waals surface area contributed by atoms with E-state index >= 15 is 0 Å². The maximum Gasteiger partial charge on any atom is 0.206 e. The Morgan fingerprint density at radius 1 is 1.50 bits per heavy atom. The predicted molar refractivity (Wildman–Crippen MR) is 56.0 cm³/mol. The lowest BCUT2D eigenvalue weighted by molar-refractivity contribution is 0.857.